The van der Waals surface area contributed by atoms with E-state index in [1.165, 1.54) is 11.8 Å². The molecule has 2 heterocycles. The third-order valence-corrected chi connectivity index (χ3v) is 8.13. The van der Waals surface area contributed by atoms with E-state index >= 15 is 0 Å². The molecule has 1 fully saturated rings. The van der Waals surface area contributed by atoms with Crippen LogP contribution >= 0.6 is 11.8 Å². The molecule has 230 valence electrons. The van der Waals surface area contributed by atoms with Crippen LogP contribution in [0.5, 0.6) is 0 Å². The van der Waals surface area contributed by atoms with Crippen molar-refractivity contribution in [2.75, 3.05) is 11.1 Å². The highest BCUT2D eigenvalue weighted by Crippen LogP contribution is 2.40. The maximum Gasteiger partial charge on any atom is 0.243 e. The van der Waals surface area contributed by atoms with Crippen LogP contribution in [0.25, 0.3) is 5.69 Å². The van der Waals surface area contributed by atoms with Crippen LogP contribution in [0.4, 0.5) is 5.69 Å². The topological polar surface area (TPSA) is 161 Å². The summed E-state index contributed by atoms with van der Waals surface area (Å²) in [5, 5.41) is 33.9. The first-order chi connectivity index (χ1) is 21.5. The Morgan fingerprint density at radius 2 is 1.70 bits per heavy atom. The van der Waals surface area contributed by atoms with Crippen LogP contribution in [0, 0.1) is 0 Å². The molecule has 1 saturated heterocycles. The number of carbonyl (C=O) groups is 2. The van der Waals surface area contributed by atoms with E-state index in [0.717, 1.165) is 22.4 Å². The second-order valence-corrected chi connectivity index (χ2v) is 11.3. The van der Waals surface area contributed by atoms with E-state index in [0.29, 0.717) is 35.9 Å². The Labute approximate surface area is 258 Å². The van der Waals surface area contributed by atoms with Gasteiger partial charge in [-0.05, 0) is 58.7 Å². The number of tetrazole rings is 1. The van der Waals surface area contributed by atoms with Gasteiger partial charge < -0.3 is 19.9 Å². The zero-order valence-corrected chi connectivity index (χ0v) is 24.7. The van der Waals surface area contributed by atoms with Crippen molar-refractivity contribution in [3.05, 3.63) is 95.6 Å². The predicted octanol–water partition coefficient (Wildman–Crippen LogP) is 4.50. The van der Waals surface area contributed by atoms with Crippen LogP contribution in [0.3, 0.4) is 0 Å². The summed E-state index contributed by atoms with van der Waals surface area (Å²) in [6.07, 6.45) is 0.810. The van der Waals surface area contributed by atoms with Gasteiger partial charge in [-0.3, -0.25) is 14.8 Å². The maximum atomic E-state index is 12.5. The normalized spacial score (nSPS) is 18.1. The van der Waals surface area contributed by atoms with Crippen molar-refractivity contribution in [3.63, 3.8) is 0 Å². The van der Waals surface area contributed by atoms with Crippen LogP contribution in [0.15, 0.2) is 84.0 Å². The van der Waals surface area contributed by atoms with Gasteiger partial charge in [0.2, 0.25) is 17.0 Å². The van der Waals surface area contributed by atoms with Crippen LogP contribution in [0.1, 0.15) is 61.2 Å². The number of thioether (sulfide) groups is 1. The third kappa shape index (κ3) is 8.49. The number of anilines is 1. The molecule has 1 aliphatic heterocycles. The summed E-state index contributed by atoms with van der Waals surface area (Å²) in [4.78, 5) is 23.7. The quantitative estimate of drug-likeness (QED) is 0.0727. The van der Waals surface area contributed by atoms with Crippen LogP contribution in [-0.2, 0) is 25.7 Å². The average Bonchev–Trinajstić information content (AvgIpc) is 3.55. The van der Waals surface area contributed by atoms with E-state index in [9.17, 15) is 14.7 Å². The molecule has 3 aromatic carbocycles. The number of aliphatic hydroxyl groups is 1. The van der Waals surface area contributed by atoms with E-state index in [-0.39, 0.29) is 37.6 Å². The largest absolute Gasteiger partial charge is 0.392 e. The summed E-state index contributed by atoms with van der Waals surface area (Å²) >= 11 is 1.50. The molecular formula is C31H34N6O6S. The summed E-state index contributed by atoms with van der Waals surface area (Å²) in [6.45, 7) is -0.0383. The van der Waals surface area contributed by atoms with Crippen LogP contribution < -0.4 is 10.8 Å². The van der Waals surface area contributed by atoms with Gasteiger partial charge in [0.1, 0.15) is 0 Å². The van der Waals surface area contributed by atoms with E-state index < -0.39 is 12.2 Å². The van der Waals surface area contributed by atoms with Gasteiger partial charge in [0.25, 0.3) is 0 Å². The summed E-state index contributed by atoms with van der Waals surface area (Å²) in [5.74, 6) is -0.0766. The van der Waals surface area contributed by atoms with Crippen LogP contribution in [0.2, 0.25) is 0 Å². The molecule has 0 spiro atoms. The number of unbranched alkanes of at least 4 members (excludes halogenated alkanes) is 1. The highest BCUT2D eigenvalue weighted by Gasteiger charge is 2.33. The first kappa shape index (κ1) is 31.3. The third-order valence-electron chi connectivity index (χ3n) is 7.08. The monoisotopic (exact) mass is 618 g/mol. The van der Waals surface area contributed by atoms with E-state index in [4.69, 9.17) is 14.7 Å². The molecule has 4 N–H and O–H groups in total. The van der Waals surface area contributed by atoms with Gasteiger partial charge in [0.15, 0.2) is 6.29 Å². The van der Waals surface area contributed by atoms with Gasteiger partial charge in [-0.1, -0.05) is 66.4 Å². The summed E-state index contributed by atoms with van der Waals surface area (Å²) < 4.78 is 14.6. The highest BCUT2D eigenvalue weighted by molar-refractivity contribution is 7.99. The van der Waals surface area contributed by atoms with Crippen molar-refractivity contribution < 1.29 is 29.4 Å². The lowest BCUT2D eigenvalue weighted by molar-refractivity contribution is -0.245. The van der Waals surface area contributed by atoms with Gasteiger partial charge in [-0.2, -0.15) is 4.68 Å². The van der Waals surface area contributed by atoms with Crippen molar-refractivity contribution in [2.24, 2.45) is 0 Å². The molecule has 12 nitrogen and oxygen atoms in total. The first-order valence-corrected chi connectivity index (χ1v) is 15.3. The predicted molar refractivity (Wildman–Crippen MR) is 162 cm³/mol. The minimum absolute atomic E-state index is 0.0383. The van der Waals surface area contributed by atoms with E-state index in [1.54, 1.807) is 16.2 Å². The Bertz CT molecular complexity index is 1520. The van der Waals surface area contributed by atoms with Crippen molar-refractivity contribution >= 4 is 29.3 Å². The number of amides is 2. The fourth-order valence-electron chi connectivity index (χ4n) is 4.80. The highest BCUT2D eigenvalue weighted by atomic mass is 32.2. The lowest BCUT2D eigenvalue weighted by atomic mass is 10.0. The smallest absolute Gasteiger partial charge is 0.243 e. The van der Waals surface area contributed by atoms with Gasteiger partial charge in [-0.25, -0.2) is 5.48 Å². The molecule has 0 unspecified atom stereocenters. The Kier molecular flexibility index (Phi) is 11.1. The molecule has 13 heteroatoms. The second-order valence-electron chi connectivity index (χ2n) is 10.3. The van der Waals surface area contributed by atoms with Crippen molar-refractivity contribution in [1.29, 1.82) is 0 Å². The standard InChI is InChI=1S/C31H34N6O6S/c38-19-21-13-15-22(16-14-21)27-18-26(20-44-31-33-35-36-37(31)25-9-2-1-3-10-25)42-30(43-27)23-7-6-8-24(17-23)32-28(39)11-4-5-12-29(40)34-41/h1-3,6-10,13-17,26-27,30,38,41H,4-5,11-12,18-20H2,(H,32,39)(H,34,40)/t26-,27+,30+/m1/s1. The zero-order chi connectivity index (χ0) is 30.7. The van der Waals surface area contributed by atoms with Crippen LogP contribution in [-0.4, -0.2) is 54.2 Å². The number of rotatable bonds is 13. The number of hydrogen-bond acceptors (Lipinski definition) is 10. The molecule has 0 bridgehead atoms. The van der Waals surface area contributed by atoms with Gasteiger partial charge in [0, 0.05) is 36.3 Å². The van der Waals surface area contributed by atoms with E-state index in [1.807, 2.05) is 72.8 Å². The fourth-order valence-corrected chi connectivity index (χ4v) is 5.71. The molecule has 3 atom stereocenters. The Morgan fingerprint density at radius 3 is 2.45 bits per heavy atom. The number of hydroxylamine groups is 1. The van der Waals surface area contributed by atoms with Gasteiger partial charge in [-0.15, -0.1) is 5.10 Å². The average molecular weight is 619 g/mol. The van der Waals surface area contributed by atoms with Crippen molar-refractivity contribution in [3.8, 4) is 5.69 Å². The second kappa shape index (κ2) is 15.5. The maximum absolute atomic E-state index is 12.5. The molecule has 1 aromatic heterocycles. The molecule has 5 rings (SSSR count). The minimum atomic E-state index is -0.698. The molecule has 1 aliphatic rings. The fraction of sp³-hybridized carbons (Fsp3) is 0.323. The van der Waals surface area contributed by atoms with Crippen molar-refractivity contribution in [1.82, 2.24) is 25.7 Å². The number of aromatic nitrogens is 4. The number of carbonyl (C=O) groups excluding carboxylic acids is 2. The summed E-state index contributed by atoms with van der Waals surface area (Å²) in [5.41, 5.74) is 5.60. The Hall–Kier alpha value is -4.14. The molecule has 4 aromatic rings. The number of aliphatic hydroxyl groups excluding tert-OH is 1. The molecule has 0 aliphatic carbocycles. The lowest BCUT2D eigenvalue weighted by Crippen LogP contribution is -2.31. The lowest BCUT2D eigenvalue weighted by Gasteiger charge is -2.36. The molecule has 2 amide bonds. The van der Waals surface area contributed by atoms with E-state index in [2.05, 4.69) is 20.8 Å². The summed E-state index contributed by atoms with van der Waals surface area (Å²) in [6, 6.07) is 24.7. The van der Waals surface area contributed by atoms with Gasteiger partial charge >= 0.3 is 0 Å². The number of para-hydroxylation sites is 1. The molecular weight excluding hydrogens is 584 g/mol. The number of ether oxygens (including phenoxy) is 2. The number of benzene rings is 3. The van der Waals surface area contributed by atoms with Gasteiger partial charge in [0.05, 0.1) is 24.5 Å². The zero-order valence-electron chi connectivity index (χ0n) is 23.9. The van der Waals surface area contributed by atoms with Crippen molar-refractivity contribution in [2.45, 2.75) is 62.4 Å². The minimum Gasteiger partial charge on any atom is -0.392 e. The molecule has 44 heavy (non-hydrogen) atoms. The Morgan fingerprint density at radius 1 is 0.932 bits per heavy atom. The number of hydrogen-bond donors (Lipinski definition) is 4. The molecule has 0 radical (unpaired) electrons. The number of nitrogens with zero attached hydrogens (tertiary/aromatic N) is 4. The SMILES string of the molecule is O=C(CCCCC(=O)Nc1cccc([C@H]2O[C@@H](CSc3nnnn3-c3ccccc3)C[C@@H](c3ccc(CO)cc3)O2)c1)NO. The summed E-state index contributed by atoms with van der Waals surface area (Å²) in [7, 11) is 0. The first-order valence-electron chi connectivity index (χ1n) is 14.3. The molecule has 0 saturated carbocycles. The number of nitrogens with one attached hydrogen (secondary N) is 2. The Balaban J connectivity index is 1.28.